The molecule has 0 spiro atoms. The van der Waals surface area contributed by atoms with Crippen LogP contribution in [0.5, 0.6) is 5.75 Å². The highest BCUT2D eigenvalue weighted by Gasteiger charge is 2.07. The van der Waals surface area contributed by atoms with Gasteiger partial charge in [-0.15, -0.1) is 0 Å². The molecule has 2 rings (SSSR count). The van der Waals surface area contributed by atoms with Crippen LogP contribution < -0.4 is 4.74 Å². The summed E-state index contributed by atoms with van der Waals surface area (Å²) >= 11 is 18.0. The lowest BCUT2D eigenvalue weighted by Crippen LogP contribution is -1.97. The predicted octanol–water partition coefficient (Wildman–Crippen LogP) is 5.10. The highest BCUT2D eigenvalue weighted by atomic mass is 35.5. The lowest BCUT2D eigenvalue weighted by Gasteiger charge is -2.10. The number of hydrogen-bond acceptors (Lipinski definition) is 2. The smallest absolute Gasteiger partial charge is 0.138 e. The lowest BCUT2D eigenvalue weighted by atomic mass is 10.2. The molecule has 0 saturated heterocycles. The molecule has 19 heavy (non-hydrogen) atoms. The van der Waals surface area contributed by atoms with E-state index in [2.05, 4.69) is 0 Å². The second-order valence-electron chi connectivity index (χ2n) is 3.76. The average Bonchev–Trinajstić information content (AvgIpc) is 2.41. The first-order valence-corrected chi connectivity index (χ1v) is 6.50. The maximum Gasteiger partial charge on any atom is 0.138 e. The Morgan fingerprint density at radius 3 is 2.53 bits per heavy atom. The zero-order valence-electron chi connectivity index (χ0n) is 9.66. The van der Waals surface area contributed by atoms with Gasteiger partial charge in [-0.2, -0.15) is 5.26 Å². The molecule has 0 bridgehead atoms. The van der Waals surface area contributed by atoms with Gasteiger partial charge in [0.05, 0.1) is 26.7 Å². The summed E-state index contributed by atoms with van der Waals surface area (Å²) < 4.78 is 5.57. The zero-order valence-corrected chi connectivity index (χ0v) is 11.9. The Morgan fingerprint density at radius 1 is 1.05 bits per heavy atom. The van der Waals surface area contributed by atoms with Crippen LogP contribution in [0.3, 0.4) is 0 Å². The van der Waals surface area contributed by atoms with Gasteiger partial charge in [-0.05, 0) is 24.3 Å². The summed E-state index contributed by atoms with van der Waals surface area (Å²) in [5.74, 6) is 0.497. The van der Waals surface area contributed by atoms with Gasteiger partial charge >= 0.3 is 0 Å². The normalized spacial score (nSPS) is 10.0. The van der Waals surface area contributed by atoms with E-state index in [0.29, 0.717) is 26.4 Å². The van der Waals surface area contributed by atoms with Gasteiger partial charge in [0.2, 0.25) is 0 Å². The Morgan fingerprint density at radius 2 is 1.84 bits per heavy atom. The summed E-state index contributed by atoms with van der Waals surface area (Å²) in [7, 11) is 0. The quantitative estimate of drug-likeness (QED) is 0.790. The van der Waals surface area contributed by atoms with Crippen molar-refractivity contribution in [3.63, 3.8) is 0 Å². The van der Waals surface area contributed by atoms with Gasteiger partial charge in [0.1, 0.15) is 12.4 Å². The molecule has 2 aromatic rings. The van der Waals surface area contributed by atoms with Crippen molar-refractivity contribution in [2.24, 2.45) is 0 Å². The highest BCUT2D eigenvalue weighted by molar-refractivity contribution is 6.42. The van der Waals surface area contributed by atoms with Crippen molar-refractivity contribution < 1.29 is 4.74 Å². The maximum absolute atomic E-state index is 8.75. The summed E-state index contributed by atoms with van der Waals surface area (Å²) in [6.07, 6.45) is 0. The van der Waals surface area contributed by atoms with E-state index in [1.165, 1.54) is 0 Å². The number of ether oxygens (including phenoxy) is 1. The zero-order chi connectivity index (χ0) is 13.8. The minimum absolute atomic E-state index is 0.255. The van der Waals surface area contributed by atoms with Gasteiger partial charge in [-0.3, -0.25) is 0 Å². The molecule has 0 aliphatic heterocycles. The molecule has 0 atom stereocenters. The second kappa shape index (κ2) is 6.16. The molecule has 0 N–H and O–H groups in total. The number of nitriles is 1. The molecule has 0 unspecified atom stereocenters. The van der Waals surface area contributed by atoms with Crippen molar-refractivity contribution in [3.05, 3.63) is 62.6 Å². The van der Waals surface area contributed by atoms with Crippen LogP contribution in [0.25, 0.3) is 0 Å². The Labute approximate surface area is 126 Å². The van der Waals surface area contributed by atoms with Gasteiger partial charge in [-0.25, -0.2) is 0 Å². The maximum atomic E-state index is 8.75. The van der Waals surface area contributed by atoms with Crippen LogP contribution in [-0.4, -0.2) is 0 Å². The molecule has 0 heterocycles. The Hall–Kier alpha value is -1.40. The molecule has 0 amide bonds. The van der Waals surface area contributed by atoms with Crippen molar-refractivity contribution in [1.82, 2.24) is 0 Å². The summed E-state index contributed by atoms with van der Waals surface area (Å²) in [4.78, 5) is 0. The van der Waals surface area contributed by atoms with E-state index in [9.17, 15) is 0 Å². The van der Waals surface area contributed by atoms with Crippen LogP contribution in [0.15, 0.2) is 36.4 Å². The van der Waals surface area contributed by atoms with Crippen LogP contribution in [0, 0.1) is 11.3 Å². The number of hydrogen-bond donors (Lipinski definition) is 0. The van der Waals surface area contributed by atoms with Gasteiger partial charge in [0.25, 0.3) is 0 Å². The fourth-order valence-electron chi connectivity index (χ4n) is 1.50. The van der Waals surface area contributed by atoms with Gasteiger partial charge < -0.3 is 4.74 Å². The predicted molar refractivity (Wildman–Crippen MR) is 77.0 cm³/mol. The van der Waals surface area contributed by atoms with Gasteiger partial charge in [-0.1, -0.05) is 46.9 Å². The third-order valence-electron chi connectivity index (χ3n) is 2.48. The number of halogens is 3. The third-order valence-corrected chi connectivity index (χ3v) is 3.63. The first kappa shape index (κ1) is 14.0. The van der Waals surface area contributed by atoms with E-state index in [1.54, 1.807) is 30.3 Å². The molecule has 0 radical (unpaired) electrons. The van der Waals surface area contributed by atoms with Gasteiger partial charge in [0.15, 0.2) is 0 Å². The highest BCUT2D eigenvalue weighted by Crippen LogP contribution is 2.29. The van der Waals surface area contributed by atoms with Crippen LogP contribution >= 0.6 is 34.8 Å². The standard InChI is InChI=1S/C14H8Cl3NO/c15-11-3-1-2-10(14(11)17)8-19-13-5-4-9(7-18)6-12(13)16/h1-6H,8H2. The molecule has 0 saturated carbocycles. The first-order valence-electron chi connectivity index (χ1n) is 5.37. The van der Waals surface area contributed by atoms with Crippen molar-refractivity contribution in [1.29, 1.82) is 5.26 Å². The van der Waals surface area contributed by atoms with E-state index in [-0.39, 0.29) is 6.61 Å². The summed E-state index contributed by atoms with van der Waals surface area (Å²) in [5.41, 5.74) is 1.26. The lowest BCUT2D eigenvalue weighted by molar-refractivity contribution is 0.306. The molecule has 2 nitrogen and oxygen atoms in total. The van der Waals surface area contributed by atoms with E-state index in [4.69, 9.17) is 44.8 Å². The molecule has 2 aromatic carbocycles. The number of rotatable bonds is 3. The fourth-order valence-corrected chi connectivity index (χ4v) is 2.11. The number of benzene rings is 2. The molecule has 0 fully saturated rings. The van der Waals surface area contributed by atoms with Crippen molar-refractivity contribution in [3.8, 4) is 11.8 Å². The van der Waals surface area contributed by atoms with Crippen molar-refractivity contribution in [2.75, 3.05) is 0 Å². The van der Waals surface area contributed by atoms with Crippen molar-refractivity contribution >= 4 is 34.8 Å². The Bertz CT molecular complexity index is 650. The average molecular weight is 313 g/mol. The van der Waals surface area contributed by atoms with E-state index < -0.39 is 0 Å². The van der Waals surface area contributed by atoms with Crippen LogP contribution in [0.1, 0.15) is 11.1 Å². The van der Waals surface area contributed by atoms with Crippen molar-refractivity contribution in [2.45, 2.75) is 6.61 Å². The molecule has 0 aliphatic rings. The SMILES string of the molecule is N#Cc1ccc(OCc2cccc(Cl)c2Cl)c(Cl)c1. The van der Waals surface area contributed by atoms with Gasteiger partial charge in [0, 0.05) is 5.56 Å². The molecular formula is C14H8Cl3NO. The summed E-state index contributed by atoms with van der Waals surface area (Å²) in [5, 5.41) is 10.1. The first-order chi connectivity index (χ1) is 9.11. The van der Waals surface area contributed by atoms with E-state index in [1.807, 2.05) is 12.1 Å². The minimum atomic E-state index is 0.255. The topological polar surface area (TPSA) is 33.0 Å². The van der Waals surface area contributed by atoms with Crippen LogP contribution in [0.4, 0.5) is 0 Å². The Balaban J connectivity index is 2.15. The third kappa shape index (κ3) is 3.33. The molecule has 0 aliphatic carbocycles. The summed E-state index contributed by atoms with van der Waals surface area (Å²) in [6.45, 7) is 0.255. The monoisotopic (exact) mass is 311 g/mol. The van der Waals surface area contributed by atoms with Crippen LogP contribution in [-0.2, 0) is 6.61 Å². The number of nitrogens with zero attached hydrogens (tertiary/aromatic N) is 1. The fraction of sp³-hybridized carbons (Fsp3) is 0.0714. The van der Waals surface area contributed by atoms with E-state index >= 15 is 0 Å². The second-order valence-corrected chi connectivity index (χ2v) is 4.95. The molecular weight excluding hydrogens is 305 g/mol. The minimum Gasteiger partial charge on any atom is -0.487 e. The largest absolute Gasteiger partial charge is 0.487 e. The molecule has 0 aromatic heterocycles. The van der Waals surface area contributed by atoms with E-state index in [0.717, 1.165) is 5.56 Å². The van der Waals surface area contributed by atoms with Crippen LogP contribution in [0.2, 0.25) is 15.1 Å². The Kier molecular flexibility index (Phi) is 4.55. The summed E-state index contributed by atoms with van der Waals surface area (Å²) in [6, 6.07) is 12.2. The molecule has 5 heteroatoms. The molecule has 96 valence electrons.